The third-order valence-electron chi connectivity index (χ3n) is 5.31. The maximum absolute atomic E-state index is 12.1. The summed E-state index contributed by atoms with van der Waals surface area (Å²) in [5.74, 6) is -2.52. The lowest BCUT2D eigenvalue weighted by Crippen LogP contribution is -2.36. The Balaban J connectivity index is 1.95. The van der Waals surface area contributed by atoms with Crippen molar-refractivity contribution in [3.05, 3.63) is 46.8 Å². The minimum absolute atomic E-state index is 0.0153. The Kier molecular flexibility index (Phi) is 4.56. The zero-order valence-electron chi connectivity index (χ0n) is 14.3. The molecule has 0 amide bonds. The number of esters is 2. The number of carbonyl (C=O) groups excluding carboxylic acids is 2. The van der Waals surface area contributed by atoms with Crippen molar-refractivity contribution in [1.29, 1.82) is 0 Å². The smallest absolute Gasteiger partial charge is 0.373 e. The van der Waals surface area contributed by atoms with E-state index in [9.17, 15) is 14.7 Å². The van der Waals surface area contributed by atoms with E-state index < -0.39 is 42.4 Å². The van der Waals surface area contributed by atoms with E-state index >= 15 is 0 Å². The summed E-state index contributed by atoms with van der Waals surface area (Å²) in [7, 11) is 0. The average molecular weight is 346 g/mol. The molecule has 3 aliphatic rings. The van der Waals surface area contributed by atoms with E-state index in [1.165, 1.54) is 5.57 Å². The van der Waals surface area contributed by atoms with Crippen molar-refractivity contribution < 1.29 is 29.3 Å². The Hall–Kier alpha value is -2.34. The molecule has 0 saturated carbocycles. The van der Waals surface area contributed by atoms with Gasteiger partial charge in [0.2, 0.25) is 0 Å². The van der Waals surface area contributed by atoms with Crippen LogP contribution < -0.4 is 0 Å². The summed E-state index contributed by atoms with van der Waals surface area (Å²) in [4.78, 5) is 24.2. The highest BCUT2D eigenvalue weighted by Crippen LogP contribution is 2.49. The summed E-state index contributed by atoms with van der Waals surface area (Å²) in [6.07, 6.45) is 3.24. The molecule has 1 saturated heterocycles. The van der Waals surface area contributed by atoms with Crippen molar-refractivity contribution >= 4 is 11.9 Å². The van der Waals surface area contributed by atoms with Gasteiger partial charge in [0.1, 0.15) is 12.2 Å². The van der Waals surface area contributed by atoms with Gasteiger partial charge in [-0.3, -0.25) is 0 Å². The fourth-order valence-electron chi connectivity index (χ4n) is 4.06. The van der Waals surface area contributed by atoms with Crippen molar-refractivity contribution in [2.75, 3.05) is 6.61 Å². The Labute approximate surface area is 146 Å². The number of ether oxygens (including phenoxy) is 2. The number of carbonyl (C=O) groups is 2. The summed E-state index contributed by atoms with van der Waals surface area (Å²) in [5, 5.41) is 18.4. The van der Waals surface area contributed by atoms with Crippen LogP contribution in [0.5, 0.6) is 0 Å². The van der Waals surface area contributed by atoms with Crippen LogP contribution in [0.2, 0.25) is 0 Å². The van der Waals surface area contributed by atoms with Crippen LogP contribution in [0.1, 0.15) is 26.7 Å². The second-order valence-electron chi connectivity index (χ2n) is 6.78. The molecular formula is C19H22O6. The van der Waals surface area contributed by atoms with Gasteiger partial charge in [-0.1, -0.05) is 29.4 Å². The molecule has 25 heavy (non-hydrogen) atoms. The molecule has 2 aliphatic carbocycles. The van der Waals surface area contributed by atoms with Crippen molar-refractivity contribution in [2.45, 2.75) is 38.9 Å². The fraction of sp³-hybridized carbons (Fsp3) is 0.474. The van der Waals surface area contributed by atoms with Gasteiger partial charge in [-0.25, -0.2) is 9.59 Å². The maximum Gasteiger partial charge on any atom is 0.373 e. The highest BCUT2D eigenvalue weighted by Gasteiger charge is 2.52. The van der Waals surface area contributed by atoms with Crippen LogP contribution in [0.25, 0.3) is 0 Å². The molecule has 4 atom stereocenters. The summed E-state index contributed by atoms with van der Waals surface area (Å²) in [5.41, 5.74) is 3.73. The third kappa shape index (κ3) is 2.91. The van der Waals surface area contributed by atoms with E-state index in [0.29, 0.717) is 12.0 Å². The van der Waals surface area contributed by atoms with Crippen molar-refractivity contribution in [3.8, 4) is 0 Å². The Bertz CT molecular complexity index is 726. The quantitative estimate of drug-likeness (QED) is 0.352. The van der Waals surface area contributed by atoms with E-state index in [4.69, 9.17) is 14.6 Å². The Morgan fingerprint density at radius 3 is 2.88 bits per heavy atom. The first-order valence-electron chi connectivity index (χ1n) is 8.31. The maximum atomic E-state index is 12.1. The number of aliphatic hydroxyl groups is 2. The number of aliphatic hydroxyl groups excluding tert-OH is 2. The summed E-state index contributed by atoms with van der Waals surface area (Å²) < 4.78 is 11.1. The predicted octanol–water partition coefficient (Wildman–Crippen LogP) is 2.12. The Morgan fingerprint density at radius 2 is 2.20 bits per heavy atom. The first-order chi connectivity index (χ1) is 11.8. The molecule has 0 aromatic rings. The molecule has 1 fully saturated rings. The van der Waals surface area contributed by atoms with Crippen molar-refractivity contribution in [3.63, 3.8) is 0 Å². The van der Waals surface area contributed by atoms with Gasteiger partial charge in [0.15, 0.2) is 5.76 Å². The minimum Gasteiger partial charge on any atom is -0.502 e. The van der Waals surface area contributed by atoms with E-state index in [1.807, 2.05) is 13.8 Å². The molecule has 0 aromatic carbocycles. The summed E-state index contributed by atoms with van der Waals surface area (Å²) >= 11 is 0. The van der Waals surface area contributed by atoms with E-state index in [2.05, 4.69) is 12.7 Å². The summed E-state index contributed by atoms with van der Waals surface area (Å²) in [6.45, 7) is 7.38. The monoisotopic (exact) mass is 346 g/mol. The molecule has 134 valence electrons. The van der Waals surface area contributed by atoms with Crippen LogP contribution in [0, 0.1) is 11.8 Å². The van der Waals surface area contributed by atoms with Crippen LogP contribution >= 0.6 is 0 Å². The molecule has 6 nitrogen and oxygen atoms in total. The van der Waals surface area contributed by atoms with Crippen molar-refractivity contribution in [1.82, 2.24) is 0 Å². The van der Waals surface area contributed by atoms with Gasteiger partial charge in [-0.15, -0.1) is 0 Å². The van der Waals surface area contributed by atoms with E-state index in [-0.39, 0.29) is 5.92 Å². The molecule has 0 bridgehead atoms. The highest BCUT2D eigenvalue weighted by molar-refractivity contribution is 5.91. The van der Waals surface area contributed by atoms with Crippen LogP contribution in [-0.2, 0) is 19.1 Å². The molecule has 6 heteroatoms. The summed E-state index contributed by atoms with van der Waals surface area (Å²) in [6, 6.07) is 0. The molecule has 0 radical (unpaired) electrons. The lowest BCUT2D eigenvalue weighted by atomic mass is 9.82. The van der Waals surface area contributed by atoms with E-state index in [1.54, 1.807) is 0 Å². The van der Waals surface area contributed by atoms with Gasteiger partial charge in [0.05, 0.1) is 12.5 Å². The number of allylic oxidation sites excluding steroid dienone is 1. The second kappa shape index (κ2) is 6.52. The molecule has 1 aliphatic heterocycles. The topological polar surface area (TPSA) is 93.1 Å². The molecule has 0 spiro atoms. The normalized spacial score (nSPS) is 32.0. The largest absolute Gasteiger partial charge is 0.502 e. The first kappa shape index (κ1) is 17.5. The molecule has 4 unspecified atom stereocenters. The highest BCUT2D eigenvalue weighted by atomic mass is 16.6. The standard InChI is InChI=1S/C19H22O6/c1-9-4-5-12-10(2)8-14(24-19(23)13(21)6-7-20)16-11(3)18(22)25-17(16)15(9)12/h4,6,14-17,20-21H,3,5,7-8H2,1-2H3. The van der Waals surface area contributed by atoms with Crippen molar-refractivity contribution in [2.24, 2.45) is 11.8 Å². The molecular weight excluding hydrogens is 324 g/mol. The zero-order chi connectivity index (χ0) is 18.3. The van der Waals surface area contributed by atoms with Gasteiger partial charge < -0.3 is 19.7 Å². The average Bonchev–Trinajstić information content (AvgIpc) is 3.03. The number of rotatable bonds is 3. The predicted molar refractivity (Wildman–Crippen MR) is 89.4 cm³/mol. The van der Waals surface area contributed by atoms with Gasteiger partial charge in [-0.2, -0.15) is 0 Å². The first-order valence-corrected chi connectivity index (χ1v) is 8.31. The van der Waals surface area contributed by atoms with E-state index in [0.717, 1.165) is 23.6 Å². The lowest BCUT2D eigenvalue weighted by Gasteiger charge is -2.28. The van der Waals surface area contributed by atoms with Gasteiger partial charge in [0, 0.05) is 17.9 Å². The van der Waals surface area contributed by atoms with Crippen LogP contribution in [0.4, 0.5) is 0 Å². The minimum atomic E-state index is -0.929. The molecule has 0 aromatic heterocycles. The van der Waals surface area contributed by atoms with Crippen LogP contribution in [-0.4, -0.2) is 41.0 Å². The number of hydrogen-bond donors (Lipinski definition) is 2. The van der Waals surface area contributed by atoms with Crippen LogP contribution in [0.3, 0.4) is 0 Å². The second-order valence-corrected chi connectivity index (χ2v) is 6.78. The van der Waals surface area contributed by atoms with Gasteiger partial charge in [-0.05, 0) is 26.3 Å². The molecule has 3 rings (SSSR count). The Morgan fingerprint density at radius 1 is 1.48 bits per heavy atom. The SMILES string of the molecule is C=C1C(=O)OC2C3C(C)=CCC3=C(C)CC(OC(=O)C(O)=CCO)C12. The van der Waals surface area contributed by atoms with Crippen LogP contribution in [0.15, 0.2) is 46.8 Å². The van der Waals surface area contributed by atoms with Gasteiger partial charge in [0.25, 0.3) is 0 Å². The molecule has 1 heterocycles. The number of fused-ring (bicyclic) bond motifs is 3. The number of hydrogen-bond acceptors (Lipinski definition) is 6. The zero-order valence-corrected chi connectivity index (χ0v) is 14.3. The van der Waals surface area contributed by atoms with Gasteiger partial charge >= 0.3 is 11.9 Å². The fourth-order valence-corrected chi connectivity index (χ4v) is 4.06. The third-order valence-corrected chi connectivity index (χ3v) is 5.31. The lowest BCUT2D eigenvalue weighted by molar-refractivity contribution is -0.151. The molecule has 2 N–H and O–H groups in total.